The average molecular weight is 354 g/mol. The van der Waals surface area contributed by atoms with Crippen LogP contribution in [-0.4, -0.2) is 25.5 Å². The molecule has 0 heterocycles. The van der Waals surface area contributed by atoms with E-state index >= 15 is 0 Å². The van der Waals surface area contributed by atoms with Gasteiger partial charge in [0.1, 0.15) is 12.4 Å². The summed E-state index contributed by atoms with van der Waals surface area (Å²) in [5, 5.41) is 0. The summed E-state index contributed by atoms with van der Waals surface area (Å²) in [6.45, 7) is 6.89. The third-order valence-electron chi connectivity index (χ3n) is 4.98. The minimum absolute atomic E-state index is 0.195. The van der Waals surface area contributed by atoms with E-state index in [0.29, 0.717) is 24.0 Å². The highest BCUT2D eigenvalue weighted by molar-refractivity contribution is 5.89. The van der Waals surface area contributed by atoms with Gasteiger partial charge in [0.2, 0.25) is 0 Å². The number of carbonyl (C=O) groups is 1. The van der Waals surface area contributed by atoms with E-state index in [1.165, 1.54) is 11.1 Å². The summed E-state index contributed by atoms with van der Waals surface area (Å²) in [5.74, 6) is 1.75. The maximum absolute atomic E-state index is 11.8. The van der Waals surface area contributed by atoms with Gasteiger partial charge in [-0.05, 0) is 60.6 Å². The lowest BCUT2D eigenvalue weighted by atomic mass is 9.97. The predicted octanol–water partition coefficient (Wildman–Crippen LogP) is 4.58. The van der Waals surface area contributed by atoms with Crippen molar-refractivity contribution < 1.29 is 19.0 Å². The first kappa shape index (κ1) is 18.5. The molecule has 138 valence electrons. The first-order chi connectivity index (χ1) is 12.5. The fourth-order valence-electron chi connectivity index (χ4n) is 3.34. The molecule has 0 aromatic heterocycles. The van der Waals surface area contributed by atoms with Gasteiger partial charge in [0.15, 0.2) is 6.29 Å². The fourth-order valence-corrected chi connectivity index (χ4v) is 3.34. The van der Waals surface area contributed by atoms with Crippen LogP contribution >= 0.6 is 0 Å². The Labute approximate surface area is 155 Å². The molecule has 0 fully saturated rings. The second-order valence-corrected chi connectivity index (χ2v) is 6.89. The van der Waals surface area contributed by atoms with Gasteiger partial charge in [0.25, 0.3) is 0 Å². The summed E-state index contributed by atoms with van der Waals surface area (Å²) in [7, 11) is 0. The van der Waals surface area contributed by atoms with Crippen LogP contribution in [0.15, 0.2) is 48.5 Å². The molecule has 0 aliphatic heterocycles. The van der Waals surface area contributed by atoms with Crippen molar-refractivity contribution in [2.75, 3.05) is 13.2 Å². The molecule has 0 radical (unpaired) electrons. The Hall–Kier alpha value is -2.33. The molecule has 0 saturated heterocycles. The van der Waals surface area contributed by atoms with Gasteiger partial charge in [-0.3, -0.25) is 0 Å². The number of rotatable bonds is 7. The second-order valence-electron chi connectivity index (χ2n) is 6.89. The standard InChI is InChI=1S/C22H26O4/c1-15-13-19-14-20(9-10-21(19)16(15)2)26-17(3)24-11-12-25-22(23)18-7-5-4-6-8-18/h4-10,14-17H,11-13H2,1-3H3. The Bertz CT molecular complexity index is 741. The average Bonchev–Trinajstić information content (AvgIpc) is 2.93. The van der Waals surface area contributed by atoms with Crippen molar-refractivity contribution in [1.82, 2.24) is 0 Å². The fraction of sp³-hybridized carbons (Fsp3) is 0.409. The first-order valence-electron chi connectivity index (χ1n) is 9.18. The van der Waals surface area contributed by atoms with Crippen molar-refractivity contribution in [1.29, 1.82) is 0 Å². The summed E-state index contributed by atoms with van der Waals surface area (Å²) < 4.78 is 16.6. The van der Waals surface area contributed by atoms with Crippen LogP contribution in [0, 0.1) is 5.92 Å². The number of ether oxygens (including phenoxy) is 3. The van der Waals surface area contributed by atoms with E-state index in [1.807, 2.05) is 19.1 Å². The molecule has 2 aromatic rings. The second kappa shape index (κ2) is 8.37. The zero-order valence-electron chi connectivity index (χ0n) is 15.6. The number of fused-ring (bicyclic) bond motifs is 1. The molecule has 1 aliphatic rings. The summed E-state index contributed by atoms with van der Waals surface area (Å²) in [6, 6.07) is 15.2. The zero-order chi connectivity index (χ0) is 18.5. The van der Waals surface area contributed by atoms with Gasteiger partial charge in [-0.1, -0.05) is 38.1 Å². The highest BCUT2D eigenvalue weighted by Crippen LogP contribution is 2.38. The van der Waals surface area contributed by atoms with Gasteiger partial charge in [-0.15, -0.1) is 0 Å². The third-order valence-corrected chi connectivity index (χ3v) is 4.98. The molecular formula is C22H26O4. The molecule has 4 nitrogen and oxygen atoms in total. The van der Waals surface area contributed by atoms with E-state index in [1.54, 1.807) is 24.3 Å². The number of hydrogen-bond donors (Lipinski definition) is 0. The van der Waals surface area contributed by atoms with E-state index in [0.717, 1.165) is 12.2 Å². The quantitative estimate of drug-likeness (QED) is 0.415. The summed E-state index contributed by atoms with van der Waals surface area (Å²) >= 11 is 0. The van der Waals surface area contributed by atoms with Crippen LogP contribution in [0.2, 0.25) is 0 Å². The number of hydrogen-bond acceptors (Lipinski definition) is 4. The van der Waals surface area contributed by atoms with Gasteiger partial charge in [0.05, 0.1) is 12.2 Å². The van der Waals surface area contributed by atoms with E-state index in [-0.39, 0.29) is 12.6 Å². The normalized spacial score (nSPS) is 19.7. The van der Waals surface area contributed by atoms with Crippen LogP contribution < -0.4 is 4.74 Å². The molecule has 0 saturated carbocycles. The third kappa shape index (κ3) is 4.44. The van der Waals surface area contributed by atoms with Crippen molar-refractivity contribution in [3.63, 3.8) is 0 Å². The van der Waals surface area contributed by atoms with Crippen molar-refractivity contribution in [2.24, 2.45) is 5.92 Å². The van der Waals surface area contributed by atoms with Gasteiger partial charge in [-0.2, -0.15) is 0 Å². The van der Waals surface area contributed by atoms with Crippen LogP contribution in [0.25, 0.3) is 0 Å². The highest BCUT2D eigenvalue weighted by atomic mass is 16.7. The summed E-state index contributed by atoms with van der Waals surface area (Å²) in [5.41, 5.74) is 3.33. The first-order valence-corrected chi connectivity index (χ1v) is 9.18. The Kier molecular flexibility index (Phi) is 5.94. The Balaban J connectivity index is 1.42. The molecule has 2 aromatic carbocycles. The maximum atomic E-state index is 11.8. The molecule has 26 heavy (non-hydrogen) atoms. The van der Waals surface area contributed by atoms with Crippen molar-refractivity contribution in [3.05, 3.63) is 65.2 Å². The van der Waals surface area contributed by atoms with Crippen LogP contribution in [0.5, 0.6) is 5.75 Å². The van der Waals surface area contributed by atoms with Crippen LogP contribution in [-0.2, 0) is 15.9 Å². The number of carbonyl (C=O) groups excluding carboxylic acids is 1. The topological polar surface area (TPSA) is 44.8 Å². The molecular weight excluding hydrogens is 328 g/mol. The molecule has 3 atom stereocenters. The molecule has 0 spiro atoms. The van der Waals surface area contributed by atoms with Crippen LogP contribution in [0.3, 0.4) is 0 Å². The monoisotopic (exact) mass is 354 g/mol. The van der Waals surface area contributed by atoms with Gasteiger partial charge in [-0.25, -0.2) is 4.79 Å². The zero-order valence-corrected chi connectivity index (χ0v) is 15.6. The smallest absolute Gasteiger partial charge is 0.338 e. The van der Waals surface area contributed by atoms with Crippen molar-refractivity contribution >= 4 is 5.97 Å². The van der Waals surface area contributed by atoms with E-state index in [4.69, 9.17) is 14.2 Å². The molecule has 3 rings (SSSR count). The summed E-state index contributed by atoms with van der Waals surface area (Å²) in [6.07, 6.45) is 0.693. The Morgan fingerprint density at radius 2 is 1.88 bits per heavy atom. The summed E-state index contributed by atoms with van der Waals surface area (Å²) in [4.78, 5) is 11.8. The molecule has 0 bridgehead atoms. The largest absolute Gasteiger partial charge is 0.465 e. The van der Waals surface area contributed by atoms with E-state index in [9.17, 15) is 4.79 Å². The van der Waals surface area contributed by atoms with Crippen molar-refractivity contribution in [2.45, 2.75) is 39.4 Å². The predicted molar refractivity (Wildman–Crippen MR) is 100 cm³/mol. The van der Waals surface area contributed by atoms with Crippen LogP contribution in [0.1, 0.15) is 48.2 Å². The van der Waals surface area contributed by atoms with E-state index in [2.05, 4.69) is 26.0 Å². The van der Waals surface area contributed by atoms with Gasteiger partial charge >= 0.3 is 5.97 Å². The van der Waals surface area contributed by atoms with Crippen LogP contribution in [0.4, 0.5) is 0 Å². The lowest BCUT2D eigenvalue weighted by Crippen LogP contribution is -2.20. The Morgan fingerprint density at radius 3 is 2.65 bits per heavy atom. The lowest BCUT2D eigenvalue weighted by molar-refractivity contribution is -0.0784. The maximum Gasteiger partial charge on any atom is 0.338 e. The molecule has 4 heteroatoms. The highest BCUT2D eigenvalue weighted by Gasteiger charge is 2.25. The van der Waals surface area contributed by atoms with E-state index < -0.39 is 6.29 Å². The SMILES string of the molecule is CC(OCCOC(=O)c1ccccc1)Oc1ccc2c(c1)CC(C)C2C. The minimum Gasteiger partial charge on any atom is -0.465 e. The van der Waals surface area contributed by atoms with Crippen molar-refractivity contribution in [3.8, 4) is 5.75 Å². The molecule has 3 unspecified atom stereocenters. The lowest BCUT2D eigenvalue weighted by Gasteiger charge is -2.16. The Morgan fingerprint density at radius 1 is 1.12 bits per heavy atom. The molecule has 1 aliphatic carbocycles. The number of esters is 1. The molecule has 0 amide bonds. The number of benzene rings is 2. The minimum atomic E-state index is -0.403. The molecule has 0 N–H and O–H groups in total. The van der Waals surface area contributed by atoms with Gasteiger partial charge < -0.3 is 14.2 Å². The van der Waals surface area contributed by atoms with Gasteiger partial charge in [0, 0.05) is 0 Å².